The van der Waals surface area contributed by atoms with E-state index < -0.39 is 23.1 Å². The van der Waals surface area contributed by atoms with Gasteiger partial charge in [0.2, 0.25) is 12.7 Å². The molecule has 198 valence electrons. The summed E-state index contributed by atoms with van der Waals surface area (Å²) in [5.74, 6) is 0.810. The lowest BCUT2D eigenvalue weighted by molar-refractivity contribution is -0.120. The van der Waals surface area contributed by atoms with Crippen LogP contribution in [0.1, 0.15) is 5.56 Å². The normalized spacial score (nSPS) is 13.3. The van der Waals surface area contributed by atoms with Crippen LogP contribution in [0.2, 0.25) is 0 Å². The summed E-state index contributed by atoms with van der Waals surface area (Å²) in [5.41, 5.74) is 3.08. The lowest BCUT2D eigenvalue weighted by Crippen LogP contribution is -2.51. The van der Waals surface area contributed by atoms with Crippen molar-refractivity contribution in [3.8, 4) is 22.6 Å². The smallest absolute Gasteiger partial charge is 0.327 e. The first-order valence-corrected chi connectivity index (χ1v) is 13.5. The average Bonchev–Trinajstić information content (AvgIpc) is 3.45. The number of likely N-dealkylation sites (N-methyl/N-ethyl adjacent to an activating group) is 1. The Labute approximate surface area is 229 Å². The molecule has 2 atom stereocenters. The fraction of sp³-hybridized carbons (Fsp3) is 0.133. The summed E-state index contributed by atoms with van der Waals surface area (Å²) < 4.78 is 26.6. The highest BCUT2D eigenvalue weighted by Crippen LogP contribution is 2.35. The van der Waals surface area contributed by atoms with Crippen LogP contribution in [0.15, 0.2) is 108 Å². The summed E-state index contributed by atoms with van der Waals surface area (Å²) in [4.78, 5) is 28.6. The van der Waals surface area contributed by atoms with E-state index in [2.05, 4.69) is 10.0 Å². The maximum Gasteiger partial charge on any atom is 0.327 e. The van der Waals surface area contributed by atoms with Crippen LogP contribution in [0, 0.1) is 0 Å². The predicted molar refractivity (Wildman–Crippen MR) is 150 cm³/mol. The van der Waals surface area contributed by atoms with Crippen molar-refractivity contribution < 1.29 is 23.3 Å². The van der Waals surface area contributed by atoms with Gasteiger partial charge < -0.3 is 19.7 Å². The van der Waals surface area contributed by atoms with Crippen LogP contribution in [-0.2, 0) is 22.2 Å². The van der Waals surface area contributed by atoms with E-state index in [1.54, 1.807) is 37.4 Å². The van der Waals surface area contributed by atoms with Crippen LogP contribution in [0.3, 0.4) is 0 Å². The minimum atomic E-state index is -1.87. The van der Waals surface area contributed by atoms with Crippen LogP contribution >= 0.6 is 0 Å². The molecule has 0 spiro atoms. The van der Waals surface area contributed by atoms with Gasteiger partial charge in [-0.05, 0) is 34.9 Å². The van der Waals surface area contributed by atoms with Gasteiger partial charge >= 0.3 is 6.03 Å². The number of anilines is 1. The minimum Gasteiger partial charge on any atom is -0.454 e. The molecule has 0 bridgehead atoms. The molecule has 2 N–H and O–H groups in total. The summed E-state index contributed by atoms with van der Waals surface area (Å²) in [5, 5.41) is 2.74. The third-order valence-electron chi connectivity index (χ3n) is 6.32. The molecule has 0 aliphatic carbocycles. The van der Waals surface area contributed by atoms with Crippen molar-refractivity contribution in [1.82, 2.24) is 10.0 Å². The van der Waals surface area contributed by atoms with Crippen molar-refractivity contribution in [3.63, 3.8) is 0 Å². The van der Waals surface area contributed by atoms with E-state index in [1.165, 1.54) is 4.90 Å². The highest BCUT2D eigenvalue weighted by Gasteiger charge is 2.27. The van der Waals surface area contributed by atoms with Crippen LogP contribution < -0.4 is 24.4 Å². The number of rotatable bonds is 8. The summed E-state index contributed by atoms with van der Waals surface area (Å²) in [6, 6.07) is 29.6. The Morgan fingerprint density at radius 3 is 2.31 bits per heavy atom. The molecule has 4 aromatic rings. The van der Waals surface area contributed by atoms with E-state index in [1.807, 2.05) is 72.8 Å². The molecule has 39 heavy (non-hydrogen) atoms. The zero-order chi connectivity index (χ0) is 27.2. The molecule has 1 heterocycles. The molecule has 3 amide bonds. The number of nitrogens with one attached hydrogen (secondary N) is 2. The Balaban J connectivity index is 1.34. The number of fused-ring (bicyclic) bond motifs is 1. The lowest BCUT2D eigenvalue weighted by Gasteiger charge is -2.25. The van der Waals surface area contributed by atoms with Gasteiger partial charge in [-0.3, -0.25) is 9.52 Å². The molecule has 5 rings (SSSR count). The summed E-state index contributed by atoms with van der Waals surface area (Å²) in [6.45, 7) is 0.124. The van der Waals surface area contributed by atoms with Gasteiger partial charge in [0.15, 0.2) is 22.5 Å². The molecular formula is C30H27N3O5S. The van der Waals surface area contributed by atoms with Gasteiger partial charge in [0.1, 0.15) is 6.04 Å². The molecule has 9 heteroatoms. The number of hydrogen-bond acceptors (Lipinski definition) is 5. The highest BCUT2D eigenvalue weighted by atomic mass is 32.2. The minimum absolute atomic E-state index is 0.124. The molecule has 4 aromatic carbocycles. The third kappa shape index (κ3) is 6.10. The second kappa shape index (κ2) is 11.8. The van der Waals surface area contributed by atoms with Crippen molar-refractivity contribution in [3.05, 3.63) is 109 Å². The van der Waals surface area contributed by atoms with Crippen molar-refractivity contribution in [2.45, 2.75) is 17.4 Å². The van der Waals surface area contributed by atoms with E-state index in [4.69, 9.17) is 9.47 Å². The number of nitrogens with zero attached hydrogens (tertiary/aromatic N) is 1. The quantitative estimate of drug-likeness (QED) is 0.338. The fourth-order valence-electron chi connectivity index (χ4n) is 4.32. The Bertz CT molecular complexity index is 1500. The Morgan fingerprint density at radius 2 is 1.54 bits per heavy atom. The van der Waals surface area contributed by atoms with E-state index in [0.29, 0.717) is 22.1 Å². The zero-order valence-electron chi connectivity index (χ0n) is 21.2. The second-order valence-electron chi connectivity index (χ2n) is 8.88. The van der Waals surface area contributed by atoms with Gasteiger partial charge in [-0.25, -0.2) is 9.00 Å². The number of urea groups is 1. The topological polar surface area (TPSA) is 97.0 Å². The molecule has 1 aliphatic heterocycles. The molecule has 0 fully saturated rings. The lowest BCUT2D eigenvalue weighted by atomic mass is 10.0. The van der Waals surface area contributed by atoms with Crippen molar-refractivity contribution in [2.75, 3.05) is 18.7 Å². The monoisotopic (exact) mass is 541 g/mol. The molecule has 0 saturated heterocycles. The van der Waals surface area contributed by atoms with Crippen molar-refractivity contribution in [2.24, 2.45) is 0 Å². The molecule has 0 aromatic heterocycles. The standard InChI is InChI=1S/C30H27N3O5S/c1-33(23-16-17-26-27(19-23)38-20-37-26)29(34)25(18-21-10-4-2-5-11-21)31-30(35)32-39(36)28-15-9-8-14-24(28)22-12-6-3-7-13-22/h2-17,19,25H,18,20H2,1H3,(H2,31,32,35). The summed E-state index contributed by atoms with van der Waals surface area (Å²) in [6.07, 6.45) is 0.245. The van der Waals surface area contributed by atoms with E-state index in [9.17, 15) is 13.8 Å². The highest BCUT2D eigenvalue weighted by molar-refractivity contribution is 7.83. The number of carbonyl (C=O) groups excluding carboxylic acids is 2. The van der Waals surface area contributed by atoms with E-state index in [-0.39, 0.29) is 19.1 Å². The first-order chi connectivity index (χ1) is 19.0. The zero-order valence-corrected chi connectivity index (χ0v) is 22.0. The van der Waals surface area contributed by atoms with Crippen molar-refractivity contribution in [1.29, 1.82) is 0 Å². The van der Waals surface area contributed by atoms with Gasteiger partial charge in [-0.2, -0.15) is 0 Å². The molecule has 8 nitrogen and oxygen atoms in total. The third-order valence-corrected chi connectivity index (χ3v) is 7.44. The Morgan fingerprint density at radius 1 is 0.872 bits per heavy atom. The van der Waals surface area contributed by atoms with Crippen LogP contribution in [0.5, 0.6) is 11.5 Å². The van der Waals surface area contributed by atoms with Crippen LogP contribution in [0.4, 0.5) is 10.5 Å². The van der Waals surface area contributed by atoms with E-state index in [0.717, 1.165) is 16.7 Å². The van der Waals surface area contributed by atoms with E-state index >= 15 is 0 Å². The molecule has 0 saturated carbocycles. The van der Waals surface area contributed by atoms with Crippen LogP contribution in [-0.4, -0.2) is 36.0 Å². The SMILES string of the molecule is CN(C(=O)C(Cc1ccccc1)NC(=O)NS(=O)c1ccccc1-c1ccccc1)c1ccc2c(c1)OCO2. The summed E-state index contributed by atoms with van der Waals surface area (Å²) >= 11 is 0. The number of benzene rings is 4. The predicted octanol–water partition coefficient (Wildman–Crippen LogP) is 4.68. The maximum atomic E-state index is 13.6. The Kier molecular flexibility index (Phi) is 7.88. The Hall–Kier alpha value is -4.63. The van der Waals surface area contributed by atoms with Crippen LogP contribution in [0.25, 0.3) is 11.1 Å². The first kappa shape index (κ1) is 26.0. The molecule has 2 unspecified atom stereocenters. The van der Waals surface area contributed by atoms with Gasteiger partial charge in [-0.1, -0.05) is 78.9 Å². The van der Waals surface area contributed by atoms with Gasteiger partial charge in [0.25, 0.3) is 0 Å². The number of ether oxygens (including phenoxy) is 2. The summed E-state index contributed by atoms with van der Waals surface area (Å²) in [7, 11) is -0.235. The second-order valence-corrected chi connectivity index (χ2v) is 10.1. The first-order valence-electron chi connectivity index (χ1n) is 12.3. The average molecular weight is 542 g/mol. The molecule has 0 radical (unpaired) electrons. The molecule has 1 aliphatic rings. The van der Waals surface area contributed by atoms with Gasteiger partial charge in [-0.15, -0.1) is 0 Å². The number of carbonyl (C=O) groups is 2. The van der Waals surface area contributed by atoms with Crippen molar-refractivity contribution >= 4 is 28.6 Å². The molecular weight excluding hydrogens is 514 g/mol. The maximum absolute atomic E-state index is 13.6. The van der Waals surface area contributed by atoms with Gasteiger partial charge in [0, 0.05) is 25.2 Å². The largest absolute Gasteiger partial charge is 0.454 e. The fourth-order valence-corrected chi connectivity index (χ4v) is 5.24. The number of hydrogen-bond donors (Lipinski definition) is 2. The van der Waals surface area contributed by atoms with Gasteiger partial charge in [0.05, 0.1) is 4.90 Å². The number of amides is 3.